The number of rotatable bonds is 2. The molecule has 0 spiro atoms. The van der Waals surface area contributed by atoms with Crippen molar-refractivity contribution in [3.05, 3.63) is 28.9 Å². The monoisotopic (exact) mass is 252 g/mol. The summed E-state index contributed by atoms with van der Waals surface area (Å²) < 4.78 is 13.9. The average molecular weight is 252 g/mol. The van der Waals surface area contributed by atoms with Gasteiger partial charge in [-0.05, 0) is 25.1 Å². The maximum atomic E-state index is 13.1. The molecule has 1 aromatic heterocycles. The van der Waals surface area contributed by atoms with Crippen LogP contribution >= 0.6 is 11.3 Å². The first-order chi connectivity index (χ1) is 8.04. The van der Waals surface area contributed by atoms with E-state index in [9.17, 15) is 9.18 Å². The lowest BCUT2D eigenvalue weighted by Crippen LogP contribution is -2.25. The standard InChI is InChI=1S/C12H13FN2OS/c1-3-15(2)12(16)11-10(14)8-6-7(13)4-5-9(8)17-11/h4-6H,3,14H2,1-2H3. The number of nitrogens with two attached hydrogens (primary N) is 1. The Morgan fingerprint density at radius 1 is 1.53 bits per heavy atom. The normalized spacial score (nSPS) is 10.8. The quantitative estimate of drug-likeness (QED) is 0.893. The number of hydrogen-bond donors (Lipinski definition) is 1. The molecule has 2 N–H and O–H groups in total. The Labute approximate surface area is 103 Å². The minimum Gasteiger partial charge on any atom is -0.397 e. The Hall–Kier alpha value is -1.62. The fraction of sp³-hybridized carbons (Fsp3) is 0.250. The smallest absolute Gasteiger partial charge is 0.265 e. The Morgan fingerprint density at radius 2 is 2.24 bits per heavy atom. The number of halogens is 1. The summed E-state index contributed by atoms with van der Waals surface area (Å²) in [6.45, 7) is 2.50. The third kappa shape index (κ3) is 1.98. The summed E-state index contributed by atoms with van der Waals surface area (Å²) in [5, 5.41) is 0.614. The predicted molar refractivity (Wildman–Crippen MR) is 68.8 cm³/mol. The molecule has 2 aromatic rings. The van der Waals surface area contributed by atoms with Crippen LogP contribution < -0.4 is 5.73 Å². The van der Waals surface area contributed by atoms with Gasteiger partial charge in [0.1, 0.15) is 10.7 Å². The molecular formula is C12H13FN2OS. The number of amides is 1. The Bertz CT molecular complexity index is 579. The van der Waals surface area contributed by atoms with Crippen LogP contribution in [-0.4, -0.2) is 24.4 Å². The van der Waals surface area contributed by atoms with Crippen LogP contribution in [0.4, 0.5) is 10.1 Å². The van der Waals surface area contributed by atoms with E-state index in [0.717, 1.165) is 4.70 Å². The minimum atomic E-state index is -0.343. The summed E-state index contributed by atoms with van der Waals surface area (Å²) in [7, 11) is 1.72. The maximum absolute atomic E-state index is 13.1. The van der Waals surface area contributed by atoms with Crippen LogP contribution in [0.15, 0.2) is 18.2 Å². The van der Waals surface area contributed by atoms with Gasteiger partial charge >= 0.3 is 0 Å². The van der Waals surface area contributed by atoms with E-state index in [1.165, 1.54) is 23.5 Å². The van der Waals surface area contributed by atoms with Crippen molar-refractivity contribution in [1.82, 2.24) is 4.90 Å². The number of thiophene rings is 1. The van der Waals surface area contributed by atoms with Crippen molar-refractivity contribution in [1.29, 1.82) is 0 Å². The molecule has 0 radical (unpaired) electrons. The van der Waals surface area contributed by atoms with Gasteiger partial charge in [0.25, 0.3) is 5.91 Å². The van der Waals surface area contributed by atoms with Gasteiger partial charge in [-0.15, -0.1) is 11.3 Å². The van der Waals surface area contributed by atoms with Crippen LogP contribution in [0.5, 0.6) is 0 Å². The van der Waals surface area contributed by atoms with Crippen molar-refractivity contribution in [3.63, 3.8) is 0 Å². The summed E-state index contributed by atoms with van der Waals surface area (Å²) in [6, 6.07) is 4.38. The Kier molecular flexibility index (Phi) is 3.02. The lowest BCUT2D eigenvalue weighted by Gasteiger charge is -2.13. The van der Waals surface area contributed by atoms with E-state index in [1.807, 2.05) is 6.92 Å². The van der Waals surface area contributed by atoms with Crippen molar-refractivity contribution >= 4 is 33.0 Å². The van der Waals surface area contributed by atoms with E-state index >= 15 is 0 Å². The van der Waals surface area contributed by atoms with Gasteiger partial charge in [-0.2, -0.15) is 0 Å². The minimum absolute atomic E-state index is 0.119. The highest BCUT2D eigenvalue weighted by molar-refractivity contribution is 7.21. The second-order valence-electron chi connectivity index (χ2n) is 3.80. The molecule has 17 heavy (non-hydrogen) atoms. The van der Waals surface area contributed by atoms with Gasteiger partial charge < -0.3 is 10.6 Å². The van der Waals surface area contributed by atoms with Gasteiger partial charge in [-0.25, -0.2) is 4.39 Å². The molecule has 5 heteroatoms. The number of carbonyl (C=O) groups is 1. The molecular weight excluding hydrogens is 239 g/mol. The van der Waals surface area contributed by atoms with E-state index in [2.05, 4.69) is 0 Å². The molecule has 1 amide bonds. The van der Waals surface area contributed by atoms with Crippen LogP contribution in [0.3, 0.4) is 0 Å². The van der Waals surface area contributed by atoms with Crippen molar-refractivity contribution in [2.24, 2.45) is 0 Å². The lowest BCUT2D eigenvalue weighted by atomic mass is 10.2. The number of nitrogen functional groups attached to an aromatic ring is 1. The lowest BCUT2D eigenvalue weighted by molar-refractivity contribution is 0.0808. The van der Waals surface area contributed by atoms with Gasteiger partial charge in [0.2, 0.25) is 0 Å². The summed E-state index contributed by atoms with van der Waals surface area (Å²) in [6.07, 6.45) is 0. The summed E-state index contributed by atoms with van der Waals surface area (Å²) in [4.78, 5) is 14.1. The van der Waals surface area contributed by atoms with E-state index < -0.39 is 0 Å². The molecule has 3 nitrogen and oxygen atoms in total. The van der Waals surface area contributed by atoms with Crippen molar-refractivity contribution in [2.45, 2.75) is 6.92 Å². The van der Waals surface area contributed by atoms with Gasteiger partial charge in [0.15, 0.2) is 0 Å². The topological polar surface area (TPSA) is 46.3 Å². The first kappa shape index (κ1) is 11.9. The molecule has 0 saturated carbocycles. The molecule has 90 valence electrons. The molecule has 0 fully saturated rings. The van der Waals surface area contributed by atoms with Crippen molar-refractivity contribution < 1.29 is 9.18 Å². The van der Waals surface area contributed by atoms with E-state index in [1.54, 1.807) is 18.0 Å². The molecule has 1 aromatic carbocycles. The van der Waals surface area contributed by atoms with Crippen LogP contribution in [0.2, 0.25) is 0 Å². The van der Waals surface area contributed by atoms with E-state index in [-0.39, 0.29) is 11.7 Å². The summed E-state index contributed by atoms with van der Waals surface area (Å²) in [5.41, 5.74) is 6.27. The highest BCUT2D eigenvalue weighted by Crippen LogP contribution is 2.34. The first-order valence-corrected chi connectivity index (χ1v) is 6.09. The number of benzene rings is 1. The fourth-order valence-corrected chi connectivity index (χ4v) is 2.66. The van der Waals surface area contributed by atoms with Gasteiger partial charge in [-0.3, -0.25) is 4.79 Å². The molecule has 0 unspecified atom stereocenters. The molecule has 0 saturated heterocycles. The highest BCUT2D eigenvalue weighted by atomic mass is 32.1. The second-order valence-corrected chi connectivity index (χ2v) is 4.86. The summed E-state index contributed by atoms with van der Waals surface area (Å²) in [5.74, 6) is -0.462. The predicted octanol–water partition coefficient (Wildman–Crippen LogP) is 2.71. The van der Waals surface area contributed by atoms with Crippen LogP contribution in [0.1, 0.15) is 16.6 Å². The maximum Gasteiger partial charge on any atom is 0.265 e. The number of fused-ring (bicyclic) bond motifs is 1. The number of carbonyl (C=O) groups excluding carboxylic acids is 1. The SMILES string of the molecule is CCN(C)C(=O)c1sc2ccc(F)cc2c1N. The van der Waals surface area contributed by atoms with Crippen LogP contribution in [0.25, 0.3) is 10.1 Å². The van der Waals surface area contributed by atoms with E-state index in [4.69, 9.17) is 5.73 Å². The summed E-state index contributed by atoms with van der Waals surface area (Å²) >= 11 is 1.30. The zero-order valence-electron chi connectivity index (χ0n) is 9.66. The molecule has 2 rings (SSSR count). The third-order valence-electron chi connectivity index (χ3n) is 2.70. The second kappa shape index (κ2) is 4.33. The van der Waals surface area contributed by atoms with Crippen molar-refractivity contribution in [3.8, 4) is 0 Å². The van der Waals surface area contributed by atoms with Gasteiger partial charge in [0, 0.05) is 23.7 Å². The number of anilines is 1. The Balaban J connectivity index is 2.56. The average Bonchev–Trinajstić information content (AvgIpc) is 2.65. The first-order valence-electron chi connectivity index (χ1n) is 5.27. The molecule has 0 atom stereocenters. The zero-order valence-corrected chi connectivity index (χ0v) is 10.5. The molecule has 1 heterocycles. The van der Waals surface area contributed by atoms with Gasteiger partial charge in [-0.1, -0.05) is 0 Å². The molecule has 0 aliphatic heterocycles. The van der Waals surface area contributed by atoms with Crippen LogP contribution in [-0.2, 0) is 0 Å². The Morgan fingerprint density at radius 3 is 2.88 bits per heavy atom. The molecule has 0 aliphatic rings. The third-order valence-corrected chi connectivity index (χ3v) is 3.88. The molecule has 0 aliphatic carbocycles. The van der Waals surface area contributed by atoms with Crippen molar-refractivity contribution in [2.75, 3.05) is 19.3 Å². The number of nitrogens with zero attached hydrogens (tertiary/aromatic N) is 1. The number of hydrogen-bond acceptors (Lipinski definition) is 3. The fourth-order valence-electron chi connectivity index (χ4n) is 1.56. The van der Waals surface area contributed by atoms with Crippen LogP contribution in [0, 0.1) is 5.82 Å². The van der Waals surface area contributed by atoms with E-state index in [0.29, 0.717) is 22.5 Å². The highest BCUT2D eigenvalue weighted by Gasteiger charge is 2.18. The van der Waals surface area contributed by atoms with Gasteiger partial charge in [0.05, 0.1) is 5.69 Å². The zero-order chi connectivity index (χ0) is 12.6. The largest absolute Gasteiger partial charge is 0.397 e. The molecule has 0 bridgehead atoms.